The third kappa shape index (κ3) is 18.7. The van der Waals surface area contributed by atoms with Gasteiger partial charge in [0.25, 0.3) is 0 Å². The lowest BCUT2D eigenvalue weighted by molar-refractivity contribution is -0.0615. The molecule has 1 aliphatic rings. The van der Waals surface area contributed by atoms with Crippen LogP contribution in [-0.4, -0.2) is 57.9 Å². The van der Waals surface area contributed by atoms with Crippen molar-refractivity contribution in [3.05, 3.63) is 0 Å². The third-order valence-electron chi connectivity index (χ3n) is 7.75. The van der Waals surface area contributed by atoms with Gasteiger partial charge in [-0.2, -0.15) is 0 Å². The Morgan fingerprint density at radius 2 is 1.10 bits per heavy atom. The fourth-order valence-electron chi connectivity index (χ4n) is 5.22. The molecule has 0 spiro atoms. The van der Waals surface area contributed by atoms with E-state index in [-0.39, 0.29) is 13.2 Å². The molecule has 1 fully saturated rings. The largest absolute Gasteiger partial charge is 0.479 e. The average Bonchev–Trinajstić information content (AvgIpc) is 3.28. The van der Waals surface area contributed by atoms with Gasteiger partial charge in [-0.05, 0) is 37.3 Å². The Morgan fingerprint density at radius 3 is 1.54 bits per heavy atom. The molecule has 39 heavy (non-hydrogen) atoms. The first kappa shape index (κ1) is 36.7. The maximum absolute atomic E-state index is 10.8. The van der Waals surface area contributed by atoms with Gasteiger partial charge in [0.1, 0.15) is 12.2 Å². The van der Waals surface area contributed by atoms with Crippen LogP contribution in [0.3, 0.4) is 0 Å². The summed E-state index contributed by atoms with van der Waals surface area (Å²) < 4.78 is 17.5. The first-order chi connectivity index (χ1) is 19.0. The van der Waals surface area contributed by atoms with Crippen LogP contribution >= 0.6 is 24.4 Å². The van der Waals surface area contributed by atoms with Gasteiger partial charge in [-0.3, -0.25) is 0 Å². The fourth-order valence-corrected chi connectivity index (χ4v) is 5.76. The molecule has 0 saturated carbocycles. The molecule has 2 N–H and O–H groups in total. The van der Waals surface area contributed by atoms with Crippen LogP contribution in [0.2, 0.25) is 0 Å². The smallest absolute Gasteiger partial charge is 0.160 e. The molecule has 1 saturated heterocycles. The minimum Gasteiger partial charge on any atom is -0.479 e. The highest BCUT2D eigenvalue weighted by atomic mass is 32.1. The fraction of sp³-hybridized carbons (Fsp3) is 0.938. The van der Waals surface area contributed by atoms with Crippen molar-refractivity contribution >= 4 is 34.5 Å². The summed E-state index contributed by atoms with van der Waals surface area (Å²) in [6, 6.07) is 0. The number of rotatable bonds is 26. The van der Waals surface area contributed by atoms with Crippen LogP contribution in [0.4, 0.5) is 0 Å². The summed E-state index contributed by atoms with van der Waals surface area (Å²) >= 11 is 10.8. The minimum atomic E-state index is -0.909. The first-order valence-corrected chi connectivity index (χ1v) is 17.1. The Bertz CT molecular complexity index is 603. The van der Waals surface area contributed by atoms with Gasteiger partial charge in [0.05, 0.1) is 13.2 Å². The zero-order valence-electron chi connectivity index (χ0n) is 25.2. The summed E-state index contributed by atoms with van der Waals surface area (Å²) in [5.74, 6) is 0. The minimum absolute atomic E-state index is 0.231. The zero-order chi connectivity index (χ0) is 28.6. The van der Waals surface area contributed by atoms with E-state index >= 15 is 0 Å². The van der Waals surface area contributed by atoms with E-state index in [1.807, 2.05) is 0 Å². The molecule has 5 nitrogen and oxygen atoms in total. The molecule has 4 atom stereocenters. The summed E-state index contributed by atoms with van der Waals surface area (Å²) in [7, 11) is 0. The quantitative estimate of drug-likeness (QED) is 0.0773. The molecule has 0 aromatic carbocycles. The monoisotopic (exact) mass is 588 g/mol. The van der Waals surface area contributed by atoms with Gasteiger partial charge < -0.3 is 24.4 Å². The van der Waals surface area contributed by atoms with Gasteiger partial charge in [0.15, 0.2) is 22.3 Å². The number of hydrogen-bond donors (Lipinski definition) is 2. The average molecular weight is 589 g/mol. The normalized spacial score (nSPS) is 19.7. The maximum Gasteiger partial charge on any atom is 0.160 e. The Hall–Kier alpha value is -0.340. The van der Waals surface area contributed by atoms with Crippen LogP contribution in [0.1, 0.15) is 155 Å². The highest BCUT2D eigenvalue weighted by Gasteiger charge is 2.43. The highest BCUT2D eigenvalue weighted by molar-refractivity contribution is 7.80. The van der Waals surface area contributed by atoms with Gasteiger partial charge in [0, 0.05) is 12.8 Å². The predicted octanol–water partition coefficient (Wildman–Crippen LogP) is 8.79. The zero-order valence-corrected chi connectivity index (χ0v) is 26.8. The Kier molecular flexibility index (Phi) is 23.9. The van der Waals surface area contributed by atoms with Crippen molar-refractivity contribution in [1.82, 2.24) is 0 Å². The molecule has 1 heterocycles. The molecule has 230 valence electrons. The lowest BCUT2D eigenvalue weighted by Crippen LogP contribution is -2.43. The summed E-state index contributed by atoms with van der Waals surface area (Å²) in [5, 5.41) is 21.7. The van der Waals surface area contributed by atoms with Crippen molar-refractivity contribution < 1.29 is 24.4 Å². The van der Waals surface area contributed by atoms with Crippen molar-refractivity contribution in [3.63, 3.8) is 0 Å². The van der Waals surface area contributed by atoms with E-state index in [0.717, 1.165) is 32.1 Å². The molecule has 0 radical (unpaired) electrons. The second kappa shape index (κ2) is 25.4. The molecule has 1 rings (SSSR count). The predicted molar refractivity (Wildman–Crippen MR) is 171 cm³/mol. The van der Waals surface area contributed by atoms with Crippen molar-refractivity contribution in [2.45, 2.75) is 180 Å². The molecule has 0 unspecified atom stereocenters. The van der Waals surface area contributed by atoms with Crippen molar-refractivity contribution in [1.29, 1.82) is 0 Å². The summed E-state index contributed by atoms with van der Waals surface area (Å²) in [6.45, 7) is 4.47. The van der Waals surface area contributed by atoms with E-state index in [1.165, 1.54) is 103 Å². The Balaban J connectivity index is 2.14. The molecular weight excluding hydrogens is 528 g/mol. The SMILES string of the molecule is CCCCCCCCCCCCC(=S)O[C@@H](CO)[C@H]1OC[C@@H](OC(=S)CCCCCCCCCCCC)[C@H]1O. The summed E-state index contributed by atoms with van der Waals surface area (Å²) in [6.07, 6.45) is 24.1. The lowest BCUT2D eigenvalue weighted by Gasteiger charge is -2.26. The number of unbranched alkanes of at least 4 members (excludes halogenated alkanes) is 18. The Labute approximate surface area is 251 Å². The summed E-state index contributed by atoms with van der Waals surface area (Å²) in [5.41, 5.74) is 0. The van der Waals surface area contributed by atoms with Crippen LogP contribution in [-0.2, 0) is 14.2 Å². The molecule has 1 aliphatic heterocycles. The van der Waals surface area contributed by atoms with Gasteiger partial charge in [0.2, 0.25) is 0 Å². The maximum atomic E-state index is 10.8. The van der Waals surface area contributed by atoms with Gasteiger partial charge in [-0.15, -0.1) is 0 Å². The number of aliphatic hydroxyl groups excluding tert-OH is 2. The number of aliphatic hydroxyl groups is 2. The van der Waals surface area contributed by atoms with Crippen LogP contribution in [0.5, 0.6) is 0 Å². The van der Waals surface area contributed by atoms with Gasteiger partial charge in [-0.25, -0.2) is 0 Å². The van der Waals surface area contributed by atoms with E-state index in [0.29, 0.717) is 16.5 Å². The Morgan fingerprint density at radius 1 is 0.692 bits per heavy atom. The molecule has 0 aliphatic carbocycles. The molecule has 7 heteroatoms. The van der Waals surface area contributed by atoms with E-state index in [1.54, 1.807) is 0 Å². The van der Waals surface area contributed by atoms with E-state index in [4.69, 9.17) is 38.6 Å². The standard InChI is InChI=1S/C32H60O5S2/c1-3-5-7-9-11-13-15-17-19-21-23-29(38)36-27(25-33)32-31(34)28(26-35-32)37-30(39)24-22-20-18-16-14-12-10-8-6-4-2/h27-28,31-34H,3-26H2,1-2H3/t27-,28+,31+,32+/m0/s1. The number of ether oxygens (including phenoxy) is 3. The molecule has 0 aromatic rings. The summed E-state index contributed by atoms with van der Waals surface area (Å²) in [4.78, 5) is 0. The van der Waals surface area contributed by atoms with E-state index < -0.39 is 24.4 Å². The van der Waals surface area contributed by atoms with E-state index in [2.05, 4.69) is 13.8 Å². The molecule has 0 bridgehead atoms. The van der Waals surface area contributed by atoms with Crippen LogP contribution in [0.25, 0.3) is 0 Å². The van der Waals surface area contributed by atoms with Gasteiger partial charge in [-0.1, -0.05) is 129 Å². The molecule has 0 aromatic heterocycles. The first-order valence-electron chi connectivity index (χ1n) is 16.3. The number of hydrogen-bond acceptors (Lipinski definition) is 7. The highest BCUT2D eigenvalue weighted by Crippen LogP contribution is 2.24. The second-order valence-corrected chi connectivity index (χ2v) is 12.3. The van der Waals surface area contributed by atoms with Crippen molar-refractivity contribution in [2.24, 2.45) is 0 Å². The second-order valence-electron chi connectivity index (χ2n) is 11.4. The van der Waals surface area contributed by atoms with Crippen molar-refractivity contribution in [3.8, 4) is 0 Å². The topological polar surface area (TPSA) is 68.2 Å². The van der Waals surface area contributed by atoms with E-state index in [9.17, 15) is 10.2 Å². The number of thiocarbonyl (C=S) groups is 2. The van der Waals surface area contributed by atoms with Crippen LogP contribution < -0.4 is 0 Å². The van der Waals surface area contributed by atoms with Crippen molar-refractivity contribution in [2.75, 3.05) is 13.2 Å². The van der Waals surface area contributed by atoms with Crippen LogP contribution in [0.15, 0.2) is 0 Å². The lowest BCUT2D eigenvalue weighted by atomic mass is 10.1. The molecule has 0 amide bonds. The molecular formula is C32H60O5S2. The third-order valence-corrected chi connectivity index (χ3v) is 8.35. The van der Waals surface area contributed by atoms with Gasteiger partial charge >= 0.3 is 0 Å². The van der Waals surface area contributed by atoms with Crippen LogP contribution in [0, 0.1) is 0 Å².